The number of rotatable bonds is 6. The largest absolute Gasteiger partial charge is 0.355 e. The maximum absolute atomic E-state index is 12.1. The van der Waals surface area contributed by atoms with Gasteiger partial charge in [0.15, 0.2) is 0 Å². The van der Waals surface area contributed by atoms with Crippen molar-refractivity contribution in [3.8, 4) is 10.6 Å². The van der Waals surface area contributed by atoms with Crippen LogP contribution < -0.4 is 5.32 Å². The molecule has 0 aliphatic rings. The molecule has 0 atom stereocenters. The highest BCUT2D eigenvalue weighted by atomic mass is 35.5. The molecule has 0 saturated heterocycles. The number of halogens is 1. The number of amides is 1. The molecule has 5 heteroatoms. The minimum Gasteiger partial charge on any atom is -0.355 e. The monoisotopic (exact) mass is 370 g/mol. The van der Waals surface area contributed by atoms with E-state index in [0.29, 0.717) is 13.0 Å². The van der Waals surface area contributed by atoms with E-state index in [1.165, 1.54) is 5.56 Å². The second kappa shape index (κ2) is 8.28. The molecule has 0 bridgehead atoms. The van der Waals surface area contributed by atoms with Gasteiger partial charge in [0.2, 0.25) is 5.91 Å². The summed E-state index contributed by atoms with van der Waals surface area (Å²) in [6, 6.07) is 15.9. The van der Waals surface area contributed by atoms with E-state index in [9.17, 15) is 4.79 Å². The van der Waals surface area contributed by atoms with Crippen LogP contribution in [0.4, 0.5) is 0 Å². The molecule has 0 fully saturated rings. The molecule has 0 aliphatic carbocycles. The van der Waals surface area contributed by atoms with E-state index in [1.807, 2.05) is 29.6 Å². The fraction of sp³-hybridized carbons (Fsp3) is 0.200. The zero-order chi connectivity index (χ0) is 17.6. The molecule has 0 unspecified atom stereocenters. The van der Waals surface area contributed by atoms with Gasteiger partial charge >= 0.3 is 0 Å². The van der Waals surface area contributed by atoms with E-state index < -0.39 is 0 Å². The third-order valence-corrected chi connectivity index (χ3v) is 4.99. The Morgan fingerprint density at radius 3 is 2.76 bits per heavy atom. The smallest absolute Gasteiger partial charge is 0.226 e. The molecule has 3 nitrogen and oxygen atoms in total. The van der Waals surface area contributed by atoms with E-state index in [2.05, 4.69) is 41.5 Å². The number of hydrogen-bond acceptors (Lipinski definition) is 3. The summed E-state index contributed by atoms with van der Waals surface area (Å²) in [6.45, 7) is 2.65. The molecule has 25 heavy (non-hydrogen) atoms. The minimum absolute atomic E-state index is 0.0113. The van der Waals surface area contributed by atoms with Crippen LogP contribution in [0.15, 0.2) is 53.9 Å². The van der Waals surface area contributed by atoms with Gasteiger partial charge in [-0.3, -0.25) is 4.79 Å². The van der Waals surface area contributed by atoms with Crippen LogP contribution in [0.3, 0.4) is 0 Å². The van der Waals surface area contributed by atoms with Gasteiger partial charge < -0.3 is 5.32 Å². The zero-order valence-corrected chi connectivity index (χ0v) is 15.5. The summed E-state index contributed by atoms with van der Waals surface area (Å²) < 4.78 is 0. The van der Waals surface area contributed by atoms with Crippen molar-refractivity contribution in [2.45, 2.75) is 19.8 Å². The quantitative estimate of drug-likeness (QED) is 0.684. The Balaban J connectivity index is 1.50. The molecule has 128 valence electrons. The molecular weight excluding hydrogens is 352 g/mol. The Morgan fingerprint density at radius 1 is 1.20 bits per heavy atom. The number of thiazole rings is 1. The van der Waals surface area contributed by atoms with Gasteiger partial charge in [0.1, 0.15) is 5.01 Å². The van der Waals surface area contributed by atoms with Crippen LogP contribution in [0, 0.1) is 6.92 Å². The van der Waals surface area contributed by atoms with Crippen molar-refractivity contribution in [3.63, 3.8) is 0 Å². The van der Waals surface area contributed by atoms with Gasteiger partial charge in [0.25, 0.3) is 0 Å². The molecule has 1 heterocycles. The Bertz CT molecular complexity index is 858. The summed E-state index contributed by atoms with van der Waals surface area (Å²) in [5.74, 6) is -0.0113. The van der Waals surface area contributed by atoms with E-state index in [4.69, 9.17) is 11.6 Å². The van der Waals surface area contributed by atoms with Crippen molar-refractivity contribution in [2.75, 3.05) is 6.54 Å². The molecule has 1 N–H and O–H groups in total. The first-order valence-electron chi connectivity index (χ1n) is 8.13. The topological polar surface area (TPSA) is 42.0 Å². The second-order valence-corrected chi connectivity index (χ2v) is 7.21. The predicted octanol–water partition coefficient (Wildman–Crippen LogP) is 4.67. The van der Waals surface area contributed by atoms with E-state index >= 15 is 0 Å². The summed E-state index contributed by atoms with van der Waals surface area (Å²) in [4.78, 5) is 16.7. The molecule has 0 saturated carbocycles. The van der Waals surface area contributed by atoms with Crippen LogP contribution in [0.1, 0.15) is 16.8 Å². The van der Waals surface area contributed by atoms with Crippen LogP contribution in [0.5, 0.6) is 0 Å². The molecule has 3 rings (SSSR count). The van der Waals surface area contributed by atoms with E-state index in [0.717, 1.165) is 33.3 Å². The first-order valence-corrected chi connectivity index (χ1v) is 9.38. The highest BCUT2D eigenvalue weighted by Crippen LogP contribution is 2.24. The molecule has 1 amide bonds. The SMILES string of the molecule is Cc1ccc(-c2nc(CC(=O)NCCc3cccc(Cl)c3)cs2)cc1. The third-order valence-electron chi connectivity index (χ3n) is 3.82. The van der Waals surface area contributed by atoms with Crippen LogP contribution >= 0.6 is 22.9 Å². The van der Waals surface area contributed by atoms with Gasteiger partial charge in [0, 0.05) is 22.5 Å². The summed E-state index contributed by atoms with van der Waals surface area (Å²) in [5.41, 5.74) is 4.23. The first-order chi connectivity index (χ1) is 12.1. The number of aryl methyl sites for hydroxylation is 1. The van der Waals surface area contributed by atoms with Crippen molar-refractivity contribution < 1.29 is 4.79 Å². The lowest BCUT2D eigenvalue weighted by molar-refractivity contribution is -0.120. The summed E-state index contributed by atoms with van der Waals surface area (Å²) in [5, 5.41) is 6.55. The fourth-order valence-corrected chi connectivity index (χ4v) is 3.52. The average Bonchev–Trinajstić information content (AvgIpc) is 3.04. The summed E-state index contributed by atoms with van der Waals surface area (Å²) in [7, 11) is 0. The summed E-state index contributed by atoms with van der Waals surface area (Å²) >= 11 is 7.53. The maximum Gasteiger partial charge on any atom is 0.226 e. The number of carbonyl (C=O) groups excluding carboxylic acids is 1. The number of nitrogens with one attached hydrogen (secondary N) is 1. The molecule has 0 aliphatic heterocycles. The Hall–Kier alpha value is -2.17. The van der Waals surface area contributed by atoms with Crippen LogP contribution in [-0.4, -0.2) is 17.4 Å². The highest BCUT2D eigenvalue weighted by Gasteiger charge is 2.09. The third kappa shape index (κ3) is 5.15. The Labute approximate surface area is 156 Å². The molecule has 2 aromatic carbocycles. The maximum atomic E-state index is 12.1. The molecule has 3 aromatic rings. The Kier molecular flexibility index (Phi) is 5.84. The predicted molar refractivity (Wildman–Crippen MR) is 104 cm³/mol. The molecule has 0 spiro atoms. The van der Waals surface area contributed by atoms with Crippen LogP contribution in [0.2, 0.25) is 5.02 Å². The first kappa shape index (κ1) is 17.6. The van der Waals surface area contributed by atoms with E-state index in [-0.39, 0.29) is 5.91 Å². The average molecular weight is 371 g/mol. The van der Waals surface area contributed by atoms with Gasteiger partial charge in [-0.25, -0.2) is 4.98 Å². The Morgan fingerprint density at radius 2 is 2.00 bits per heavy atom. The van der Waals surface area contributed by atoms with Crippen LogP contribution in [-0.2, 0) is 17.6 Å². The van der Waals surface area contributed by atoms with Gasteiger partial charge in [-0.05, 0) is 31.0 Å². The van der Waals surface area contributed by atoms with Crippen molar-refractivity contribution in [3.05, 3.63) is 75.8 Å². The fourth-order valence-electron chi connectivity index (χ4n) is 2.48. The summed E-state index contributed by atoms with van der Waals surface area (Å²) in [6.07, 6.45) is 1.07. The minimum atomic E-state index is -0.0113. The molecular formula is C20H19ClN2OS. The van der Waals surface area contributed by atoms with Gasteiger partial charge in [-0.2, -0.15) is 0 Å². The van der Waals surface area contributed by atoms with Gasteiger partial charge in [0.05, 0.1) is 12.1 Å². The normalized spacial score (nSPS) is 10.6. The lowest BCUT2D eigenvalue weighted by Gasteiger charge is -2.05. The number of nitrogens with zero attached hydrogens (tertiary/aromatic N) is 1. The lowest BCUT2D eigenvalue weighted by Crippen LogP contribution is -2.27. The number of hydrogen-bond donors (Lipinski definition) is 1. The van der Waals surface area contributed by atoms with E-state index in [1.54, 1.807) is 11.3 Å². The van der Waals surface area contributed by atoms with Crippen molar-refractivity contribution in [1.29, 1.82) is 0 Å². The van der Waals surface area contributed by atoms with Gasteiger partial charge in [-0.15, -0.1) is 11.3 Å². The standard InChI is InChI=1S/C20H19ClN2OS/c1-14-5-7-16(8-6-14)20-23-18(13-25-20)12-19(24)22-10-9-15-3-2-4-17(21)11-15/h2-8,11,13H,9-10,12H2,1H3,(H,22,24). The van der Waals surface area contributed by atoms with Crippen LogP contribution in [0.25, 0.3) is 10.6 Å². The van der Waals surface area contributed by atoms with Gasteiger partial charge in [-0.1, -0.05) is 53.6 Å². The highest BCUT2D eigenvalue weighted by molar-refractivity contribution is 7.13. The zero-order valence-electron chi connectivity index (χ0n) is 14.0. The van der Waals surface area contributed by atoms with Crippen molar-refractivity contribution >= 4 is 28.8 Å². The number of benzene rings is 2. The van der Waals surface area contributed by atoms with Crippen molar-refractivity contribution in [1.82, 2.24) is 10.3 Å². The lowest BCUT2D eigenvalue weighted by atomic mass is 10.1. The number of aromatic nitrogens is 1. The second-order valence-electron chi connectivity index (χ2n) is 5.92. The molecule has 0 radical (unpaired) electrons. The van der Waals surface area contributed by atoms with Crippen molar-refractivity contribution in [2.24, 2.45) is 0 Å². The molecule has 1 aromatic heterocycles. The number of carbonyl (C=O) groups is 1.